The van der Waals surface area contributed by atoms with E-state index >= 15 is 0 Å². The van der Waals surface area contributed by atoms with Crippen molar-refractivity contribution in [2.24, 2.45) is 5.92 Å². The van der Waals surface area contributed by atoms with E-state index in [4.69, 9.17) is 4.74 Å². The topological polar surface area (TPSA) is 95.6 Å². The second-order valence-corrected chi connectivity index (χ2v) is 7.99. The molecule has 0 bridgehead atoms. The molecule has 0 atom stereocenters. The number of benzene rings is 2. The van der Waals surface area contributed by atoms with E-state index < -0.39 is 17.8 Å². The Morgan fingerprint density at radius 1 is 1.00 bits per heavy atom. The van der Waals surface area contributed by atoms with Gasteiger partial charge in [0.15, 0.2) is 0 Å². The van der Waals surface area contributed by atoms with E-state index in [1.54, 1.807) is 36.7 Å². The van der Waals surface area contributed by atoms with E-state index in [-0.39, 0.29) is 5.56 Å². The predicted octanol–water partition coefficient (Wildman–Crippen LogP) is 4.44. The Hall–Kier alpha value is -4.14. The average molecular weight is 464 g/mol. The number of nitrogens with zero attached hydrogens (tertiary/aromatic N) is 2. The number of carbonyl (C=O) groups excluding carboxylic acids is 2. The monoisotopic (exact) mass is 463 g/mol. The Morgan fingerprint density at radius 2 is 1.74 bits per heavy atom. The maximum atomic E-state index is 13.4. The molecule has 1 saturated heterocycles. The summed E-state index contributed by atoms with van der Waals surface area (Å²) >= 11 is 0. The first-order valence-electron chi connectivity index (χ1n) is 11.1. The minimum atomic E-state index is -0.608. The van der Waals surface area contributed by atoms with E-state index in [9.17, 15) is 14.0 Å². The van der Waals surface area contributed by atoms with Crippen molar-refractivity contribution in [3.8, 4) is 0 Å². The molecule has 1 aliphatic rings. The standard InChI is InChI=1S/C25H26FN5O3/c26-20-5-3-4-19(16-20)24(32)28-22-6-1-2-7-23(22)29-30-25(33)34-17-18-10-14-31(15-11-18)21-8-12-27-13-9-21/h1-9,12-13,16,18,29H,10-11,14-15,17H2,(H,28,32)(H,30,33). The summed E-state index contributed by atoms with van der Waals surface area (Å²) in [5.41, 5.74) is 7.51. The normalized spacial score (nSPS) is 13.7. The molecule has 1 aliphatic heterocycles. The van der Waals surface area contributed by atoms with Gasteiger partial charge in [0.25, 0.3) is 5.91 Å². The van der Waals surface area contributed by atoms with Crippen molar-refractivity contribution >= 4 is 29.1 Å². The highest BCUT2D eigenvalue weighted by molar-refractivity contribution is 6.05. The fraction of sp³-hybridized carbons (Fsp3) is 0.240. The number of aromatic nitrogens is 1. The van der Waals surface area contributed by atoms with Gasteiger partial charge in [-0.1, -0.05) is 18.2 Å². The van der Waals surface area contributed by atoms with Crippen LogP contribution in [-0.2, 0) is 4.74 Å². The van der Waals surface area contributed by atoms with Gasteiger partial charge in [-0.2, -0.15) is 0 Å². The van der Waals surface area contributed by atoms with Crippen molar-refractivity contribution in [1.29, 1.82) is 0 Å². The smallest absolute Gasteiger partial charge is 0.425 e. The van der Waals surface area contributed by atoms with Crippen LogP contribution in [0.5, 0.6) is 0 Å². The van der Waals surface area contributed by atoms with Crippen LogP contribution in [0.2, 0.25) is 0 Å². The molecule has 176 valence electrons. The molecule has 1 aromatic heterocycles. The molecule has 2 heterocycles. The van der Waals surface area contributed by atoms with Crippen LogP contribution in [0, 0.1) is 11.7 Å². The third-order valence-electron chi connectivity index (χ3n) is 5.65. The van der Waals surface area contributed by atoms with Gasteiger partial charge in [0, 0.05) is 36.7 Å². The largest absolute Gasteiger partial charge is 0.448 e. The predicted molar refractivity (Wildman–Crippen MR) is 128 cm³/mol. The molecule has 0 aliphatic carbocycles. The summed E-state index contributed by atoms with van der Waals surface area (Å²) in [6.45, 7) is 2.13. The maximum absolute atomic E-state index is 13.4. The zero-order valence-electron chi connectivity index (χ0n) is 18.5. The number of pyridine rings is 1. The van der Waals surface area contributed by atoms with Crippen LogP contribution in [0.1, 0.15) is 23.2 Å². The number of halogens is 1. The van der Waals surface area contributed by atoms with Crippen LogP contribution in [0.15, 0.2) is 73.1 Å². The molecule has 4 rings (SSSR count). The highest BCUT2D eigenvalue weighted by atomic mass is 19.1. The Labute approximate surface area is 197 Å². The zero-order valence-corrected chi connectivity index (χ0v) is 18.5. The van der Waals surface area contributed by atoms with Gasteiger partial charge in [-0.05, 0) is 61.2 Å². The third kappa shape index (κ3) is 6.22. The fourth-order valence-corrected chi connectivity index (χ4v) is 3.79. The Bertz CT molecular complexity index is 1120. The number of amides is 2. The lowest BCUT2D eigenvalue weighted by Gasteiger charge is -2.33. The van der Waals surface area contributed by atoms with Crippen LogP contribution in [0.3, 0.4) is 0 Å². The number of carbonyl (C=O) groups is 2. The van der Waals surface area contributed by atoms with Crippen molar-refractivity contribution < 1.29 is 18.7 Å². The Morgan fingerprint density at radius 3 is 2.47 bits per heavy atom. The number of piperidine rings is 1. The van der Waals surface area contributed by atoms with E-state index in [2.05, 4.69) is 26.1 Å². The first-order valence-corrected chi connectivity index (χ1v) is 11.1. The van der Waals surface area contributed by atoms with Gasteiger partial charge in [-0.3, -0.25) is 15.2 Å². The van der Waals surface area contributed by atoms with Crippen molar-refractivity contribution in [1.82, 2.24) is 10.4 Å². The van der Waals surface area contributed by atoms with E-state index in [0.717, 1.165) is 37.7 Å². The van der Waals surface area contributed by atoms with E-state index in [1.807, 2.05) is 12.1 Å². The third-order valence-corrected chi connectivity index (χ3v) is 5.65. The van der Waals surface area contributed by atoms with Gasteiger partial charge >= 0.3 is 6.09 Å². The van der Waals surface area contributed by atoms with Crippen LogP contribution in [0.4, 0.5) is 26.2 Å². The number of anilines is 3. The first kappa shape index (κ1) is 23.0. The summed E-state index contributed by atoms with van der Waals surface area (Å²) in [6.07, 6.45) is 4.82. The summed E-state index contributed by atoms with van der Waals surface area (Å²) in [6, 6.07) is 16.3. The van der Waals surface area contributed by atoms with Gasteiger partial charge in [0.05, 0.1) is 18.0 Å². The minimum absolute atomic E-state index is 0.192. The molecule has 8 nitrogen and oxygen atoms in total. The highest BCUT2D eigenvalue weighted by Gasteiger charge is 2.21. The van der Waals surface area contributed by atoms with Crippen molar-refractivity contribution in [2.75, 3.05) is 35.3 Å². The number of ether oxygens (including phenoxy) is 1. The molecule has 0 radical (unpaired) electrons. The summed E-state index contributed by atoms with van der Waals surface area (Å²) in [5.74, 6) is -0.664. The number of hydrogen-bond acceptors (Lipinski definition) is 6. The number of rotatable bonds is 7. The molecule has 0 saturated carbocycles. The van der Waals surface area contributed by atoms with Crippen molar-refractivity contribution in [3.05, 3.63) is 84.4 Å². The Balaban J connectivity index is 1.23. The van der Waals surface area contributed by atoms with Gasteiger partial charge in [-0.15, -0.1) is 0 Å². The van der Waals surface area contributed by atoms with Gasteiger partial charge in [-0.25, -0.2) is 14.6 Å². The molecule has 34 heavy (non-hydrogen) atoms. The summed E-state index contributed by atoms with van der Waals surface area (Å²) in [4.78, 5) is 31.0. The summed E-state index contributed by atoms with van der Waals surface area (Å²) in [5, 5.41) is 2.71. The van der Waals surface area contributed by atoms with Gasteiger partial charge in [0.1, 0.15) is 5.82 Å². The van der Waals surface area contributed by atoms with Crippen LogP contribution in [0.25, 0.3) is 0 Å². The lowest BCUT2D eigenvalue weighted by Crippen LogP contribution is -2.37. The summed E-state index contributed by atoms with van der Waals surface area (Å²) in [7, 11) is 0. The average Bonchev–Trinajstić information content (AvgIpc) is 2.88. The first-order chi connectivity index (χ1) is 16.6. The summed E-state index contributed by atoms with van der Waals surface area (Å²) < 4.78 is 18.8. The van der Waals surface area contributed by atoms with Crippen LogP contribution >= 0.6 is 0 Å². The molecule has 2 aromatic carbocycles. The Kier molecular flexibility index (Phi) is 7.54. The maximum Gasteiger partial charge on any atom is 0.425 e. The van der Waals surface area contributed by atoms with Crippen LogP contribution in [-0.4, -0.2) is 36.7 Å². The number of para-hydroxylation sites is 2. The number of nitrogens with one attached hydrogen (secondary N) is 3. The molecule has 0 unspecified atom stereocenters. The second-order valence-electron chi connectivity index (χ2n) is 7.99. The highest BCUT2D eigenvalue weighted by Crippen LogP contribution is 2.23. The molecule has 0 spiro atoms. The molecule has 1 fully saturated rings. The molecular weight excluding hydrogens is 437 g/mol. The van der Waals surface area contributed by atoms with Crippen molar-refractivity contribution in [3.63, 3.8) is 0 Å². The lowest BCUT2D eigenvalue weighted by atomic mass is 9.97. The van der Waals surface area contributed by atoms with Gasteiger partial charge in [0.2, 0.25) is 0 Å². The second kappa shape index (κ2) is 11.1. The minimum Gasteiger partial charge on any atom is -0.448 e. The SMILES string of the molecule is O=C(NNc1ccccc1NC(=O)c1cccc(F)c1)OCC1CCN(c2ccncc2)CC1. The zero-order chi connectivity index (χ0) is 23.8. The quantitative estimate of drug-likeness (QED) is 0.449. The van der Waals surface area contributed by atoms with Gasteiger partial charge < -0.3 is 15.0 Å². The molecule has 3 N–H and O–H groups in total. The number of hydrazine groups is 1. The molecule has 2 amide bonds. The van der Waals surface area contributed by atoms with Crippen molar-refractivity contribution in [2.45, 2.75) is 12.8 Å². The van der Waals surface area contributed by atoms with E-state index in [0.29, 0.717) is 23.9 Å². The molecule has 3 aromatic rings. The van der Waals surface area contributed by atoms with E-state index in [1.165, 1.54) is 18.2 Å². The number of hydrogen-bond donors (Lipinski definition) is 3. The molecular formula is C25H26FN5O3. The molecule has 9 heteroatoms. The fourth-order valence-electron chi connectivity index (χ4n) is 3.79. The van der Waals surface area contributed by atoms with Crippen LogP contribution < -0.4 is 21.1 Å². The lowest BCUT2D eigenvalue weighted by molar-refractivity contribution is 0.102.